The highest BCUT2D eigenvalue weighted by atomic mass is 16.5. The van der Waals surface area contributed by atoms with Crippen molar-refractivity contribution in [1.82, 2.24) is 5.16 Å². The van der Waals surface area contributed by atoms with Crippen molar-refractivity contribution >= 4 is 5.97 Å². The molecule has 1 aromatic rings. The van der Waals surface area contributed by atoms with Crippen LogP contribution in [-0.4, -0.2) is 28.4 Å². The minimum Gasteiger partial charge on any atom is -0.481 e. The van der Waals surface area contributed by atoms with Crippen molar-refractivity contribution in [2.75, 3.05) is 7.11 Å². The van der Waals surface area contributed by atoms with E-state index in [2.05, 4.69) is 14.4 Å². The average Bonchev–Trinajstić information content (AvgIpc) is 2.50. The lowest BCUT2D eigenvalue weighted by Gasteiger charge is -2.00. The zero-order chi connectivity index (χ0) is 9.84. The highest BCUT2D eigenvalue weighted by molar-refractivity contribution is 5.67. The summed E-state index contributed by atoms with van der Waals surface area (Å²) in [6.07, 6.45) is -1.60. The Morgan fingerprint density at radius 3 is 3.00 bits per heavy atom. The Morgan fingerprint density at radius 1 is 1.85 bits per heavy atom. The number of carbonyl (C=O) groups is 1. The third-order valence-electron chi connectivity index (χ3n) is 1.41. The molecule has 0 amide bonds. The Morgan fingerprint density at radius 2 is 2.54 bits per heavy atom. The summed E-state index contributed by atoms with van der Waals surface area (Å²) in [6, 6.07) is 1.34. The van der Waals surface area contributed by atoms with Gasteiger partial charge in [-0.3, -0.25) is 4.79 Å². The minimum absolute atomic E-state index is 0.0826. The fourth-order valence-corrected chi connectivity index (χ4v) is 0.791. The fourth-order valence-electron chi connectivity index (χ4n) is 0.791. The number of ether oxygens (including phenoxy) is 1. The summed E-state index contributed by atoms with van der Waals surface area (Å²) >= 11 is 0. The van der Waals surface area contributed by atoms with E-state index in [-0.39, 0.29) is 11.6 Å². The van der Waals surface area contributed by atoms with Gasteiger partial charge in [0.2, 0.25) is 0 Å². The number of methoxy groups -OCH3 is 1. The summed E-state index contributed by atoms with van der Waals surface area (Å²) in [4.78, 5) is 10.2. The van der Waals surface area contributed by atoms with Gasteiger partial charge in [-0.15, -0.1) is 0 Å². The molecule has 0 spiro atoms. The van der Waals surface area contributed by atoms with E-state index >= 15 is 0 Å². The smallest absolute Gasteiger partial charge is 0.306 e. The highest BCUT2D eigenvalue weighted by Crippen LogP contribution is 2.20. The van der Waals surface area contributed by atoms with Crippen molar-refractivity contribution in [3.63, 3.8) is 0 Å². The first kappa shape index (κ1) is 9.53. The van der Waals surface area contributed by atoms with Gasteiger partial charge in [0.05, 0.1) is 13.5 Å². The van der Waals surface area contributed by atoms with Gasteiger partial charge < -0.3 is 19.5 Å². The molecule has 1 heterocycles. The number of aliphatic hydroxyl groups is 1. The van der Waals surface area contributed by atoms with Crippen LogP contribution in [0.25, 0.3) is 0 Å². The van der Waals surface area contributed by atoms with Crippen LogP contribution in [-0.2, 0) is 4.79 Å². The quantitative estimate of drug-likeness (QED) is 0.698. The zero-order valence-corrected chi connectivity index (χ0v) is 6.93. The average molecular weight is 187 g/mol. The Hall–Kier alpha value is -1.56. The van der Waals surface area contributed by atoms with Gasteiger partial charge >= 0.3 is 5.97 Å². The maximum Gasteiger partial charge on any atom is 0.306 e. The first-order chi connectivity index (χ1) is 6.13. The molecule has 0 aliphatic rings. The second-order valence-corrected chi connectivity index (χ2v) is 2.39. The molecular formula is C7H9NO5. The third-order valence-corrected chi connectivity index (χ3v) is 1.41. The molecular weight excluding hydrogens is 178 g/mol. The first-order valence-electron chi connectivity index (χ1n) is 3.54. The molecule has 1 aromatic heterocycles. The number of hydrogen-bond acceptors (Lipinski definition) is 5. The van der Waals surface area contributed by atoms with Crippen LogP contribution in [0.4, 0.5) is 0 Å². The predicted octanol–water partition coefficient (Wildman–Crippen LogP) is 0.191. The number of hydrogen-bond donors (Lipinski definition) is 2. The van der Waals surface area contributed by atoms with Crippen LogP contribution in [0.5, 0.6) is 5.88 Å². The van der Waals surface area contributed by atoms with Gasteiger partial charge in [-0.1, -0.05) is 0 Å². The van der Waals surface area contributed by atoms with Crippen LogP contribution >= 0.6 is 0 Å². The van der Waals surface area contributed by atoms with E-state index in [4.69, 9.17) is 5.11 Å². The van der Waals surface area contributed by atoms with Gasteiger partial charge in [-0.05, 0) is 5.16 Å². The number of rotatable bonds is 4. The van der Waals surface area contributed by atoms with Crippen molar-refractivity contribution in [2.24, 2.45) is 0 Å². The monoisotopic (exact) mass is 187 g/mol. The van der Waals surface area contributed by atoms with E-state index in [1.54, 1.807) is 0 Å². The molecule has 2 N–H and O–H groups in total. The summed E-state index contributed by atoms with van der Waals surface area (Å²) in [7, 11) is 1.39. The van der Waals surface area contributed by atoms with Crippen molar-refractivity contribution in [1.29, 1.82) is 0 Å². The maximum absolute atomic E-state index is 10.2. The van der Waals surface area contributed by atoms with Crippen LogP contribution in [0.15, 0.2) is 10.6 Å². The molecule has 13 heavy (non-hydrogen) atoms. The lowest BCUT2D eigenvalue weighted by atomic mass is 10.2. The van der Waals surface area contributed by atoms with Gasteiger partial charge in [0.15, 0.2) is 5.76 Å². The first-order valence-corrected chi connectivity index (χ1v) is 3.54. The number of carboxylic acid groups (broad SMARTS) is 1. The number of aliphatic hydroxyl groups excluding tert-OH is 1. The SMILES string of the molecule is COc1cc(C(O)CC(=O)O)on1. The standard InChI is InChI=1S/C7H9NO5/c1-12-6-3-5(13-8-6)4(9)2-7(10)11/h3-4,9H,2H2,1H3,(H,10,11). The predicted molar refractivity (Wildman–Crippen MR) is 40.3 cm³/mol. The summed E-state index contributed by atoms with van der Waals surface area (Å²) in [5.41, 5.74) is 0. The number of carboxylic acids is 1. The summed E-state index contributed by atoms with van der Waals surface area (Å²) in [6.45, 7) is 0. The van der Waals surface area contributed by atoms with Gasteiger partial charge in [-0.25, -0.2) is 0 Å². The van der Waals surface area contributed by atoms with Crippen LogP contribution in [0.3, 0.4) is 0 Å². The summed E-state index contributed by atoms with van der Waals surface area (Å²) in [5.74, 6) is -0.818. The Balaban J connectivity index is 2.65. The van der Waals surface area contributed by atoms with E-state index in [1.807, 2.05) is 0 Å². The third kappa shape index (κ3) is 2.45. The molecule has 0 aromatic carbocycles. The Labute approximate surface area is 73.7 Å². The fraction of sp³-hybridized carbons (Fsp3) is 0.429. The molecule has 0 radical (unpaired) electrons. The normalized spacial score (nSPS) is 12.5. The molecule has 1 unspecified atom stereocenters. The van der Waals surface area contributed by atoms with Crippen molar-refractivity contribution in [3.8, 4) is 5.88 Å². The molecule has 6 nitrogen and oxygen atoms in total. The molecule has 1 rings (SSSR count). The van der Waals surface area contributed by atoms with E-state index in [1.165, 1.54) is 13.2 Å². The Kier molecular flexibility index (Phi) is 2.86. The second-order valence-electron chi connectivity index (χ2n) is 2.39. The van der Waals surface area contributed by atoms with E-state index in [0.29, 0.717) is 0 Å². The van der Waals surface area contributed by atoms with E-state index in [9.17, 15) is 9.90 Å². The van der Waals surface area contributed by atoms with Gasteiger partial charge in [0.1, 0.15) is 6.10 Å². The van der Waals surface area contributed by atoms with E-state index in [0.717, 1.165) is 0 Å². The lowest BCUT2D eigenvalue weighted by molar-refractivity contribution is -0.139. The van der Waals surface area contributed by atoms with Gasteiger partial charge in [0, 0.05) is 6.07 Å². The molecule has 0 aliphatic carbocycles. The van der Waals surface area contributed by atoms with Crippen LogP contribution < -0.4 is 4.74 Å². The summed E-state index contributed by atoms with van der Waals surface area (Å²) in [5, 5.41) is 21.0. The molecule has 0 saturated carbocycles. The van der Waals surface area contributed by atoms with Crippen LogP contribution in [0, 0.1) is 0 Å². The highest BCUT2D eigenvalue weighted by Gasteiger charge is 2.17. The molecule has 0 fully saturated rings. The topological polar surface area (TPSA) is 92.8 Å². The molecule has 0 saturated heterocycles. The minimum atomic E-state index is -1.19. The molecule has 0 aliphatic heterocycles. The number of aromatic nitrogens is 1. The van der Waals surface area contributed by atoms with Gasteiger partial charge in [0.25, 0.3) is 5.88 Å². The Bertz CT molecular complexity index is 295. The molecule has 72 valence electrons. The maximum atomic E-state index is 10.2. The van der Waals surface area contributed by atoms with Gasteiger partial charge in [-0.2, -0.15) is 0 Å². The van der Waals surface area contributed by atoms with Crippen molar-refractivity contribution in [3.05, 3.63) is 11.8 Å². The van der Waals surface area contributed by atoms with Crippen molar-refractivity contribution < 1.29 is 24.3 Å². The molecule has 6 heteroatoms. The second kappa shape index (κ2) is 3.90. The van der Waals surface area contributed by atoms with Crippen LogP contribution in [0.2, 0.25) is 0 Å². The van der Waals surface area contributed by atoms with Crippen LogP contribution in [0.1, 0.15) is 18.3 Å². The molecule has 1 atom stereocenters. The lowest BCUT2D eigenvalue weighted by Crippen LogP contribution is -2.04. The van der Waals surface area contributed by atoms with E-state index < -0.39 is 18.5 Å². The van der Waals surface area contributed by atoms with Crippen molar-refractivity contribution in [2.45, 2.75) is 12.5 Å². The summed E-state index contributed by atoms with van der Waals surface area (Å²) < 4.78 is 9.32. The zero-order valence-electron chi connectivity index (χ0n) is 6.93. The largest absolute Gasteiger partial charge is 0.481 e. The number of aliphatic carboxylic acids is 1. The molecule has 0 bridgehead atoms. The number of nitrogens with zero attached hydrogens (tertiary/aromatic N) is 1.